The number of urea groups is 1. The van der Waals surface area contributed by atoms with E-state index < -0.39 is 0 Å². The SMILES string of the molecule is CC(C)(CCO)CNC(=O)Nc1ccccc1-c1ccccc1. The molecule has 122 valence electrons. The van der Waals surface area contributed by atoms with Crippen molar-refractivity contribution in [3.8, 4) is 11.1 Å². The highest BCUT2D eigenvalue weighted by molar-refractivity contribution is 5.94. The van der Waals surface area contributed by atoms with E-state index in [0.717, 1.165) is 16.8 Å². The van der Waals surface area contributed by atoms with Crippen LogP contribution in [0.25, 0.3) is 11.1 Å². The van der Waals surface area contributed by atoms with Gasteiger partial charge in [-0.2, -0.15) is 0 Å². The molecule has 0 atom stereocenters. The smallest absolute Gasteiger partial charge is 0.319 e. The molecule has 0 aliphatic rings. The standard InChI is InChI=1S/C19H24N2O2/c1-19(2,12-13-22)14-20-18(23)21-17-11-7-6-10-16(17)15-8-4-3-5-9-15/h3-11,22H,12-14H2,1-2H3,(H2,20,21,23). The summed E-state index contributed by atoms with van der Waals surface area (Å²) in [7, 11) is 0. The van der Waals surface area contributed by atoms with E-state index in [9.17, 15) is 4.79 Å². The van der Waals surface area contributed by atoms with Gasteiger partial charge in [-0.05, 0) is 23.5 Å². The van der Waals surface area contributed by atoms with Gasteiger partial charge in [0.25, 0.3) is 0 Å². The van der Waals surface area contributed by atoms with Gasteiger partial charge in [0.1, 0.15) is 0 Å². The summed E-state index contributed by atoms with van der Waals surface area (Å²) in [5.41, 5.74) is 2.68. The Labute approximate surface area is 137 Å². The largest absolute Gasteiger partial charge is 0.396 e. The third kappa shape index (κ3) is 5.11. The van der Waals surface area contributed by atoms with Gasteiger partial charge in [-0.3, -0.25) is 0 Å². The van der Waals surface area contributed by atoms with Crippen LogP contribution in [0.5, 0.6) is 0 Å². The molecule has 2 amide bonds. The molecule has 2 aromatic carbocycles. The Morgan fingerprint density at radius 2 is 1.70 bits per heavy atom. The fourth-order valence-corrected chi connectivity index (χ4v) is 2.34. The lowest BCUT2D eigenvalue weighted by atomic mass is 9.90. The van der Waals surface area contributed by atoms with E-state index >= 15 is 0 Å². The number of hydrogen-bond acceptors (Lipinski definition) is 2. The summed E-state index contributed by atoms with van der Waals surface area (Å²) in [5.74, 6) is 0. The summed E-state index contributed by atoms with van der Waals surface area (Å²) in [5, 5.41) is 14.8. The Morgan fingerprint density at radius 3 is 2.39 bits per heavy atom. The lowest BCUT2D eigenvalue weighted by molar-refractivity contribution is 0.204. The third-order valence-corrected chi connectivity index (χ3v) is 3.78. The number of carbonyl (C=O) groups is 1. The van der Waals surface area contributed by atoms with Crippen molar-refractivity contribution in [2.24, 2.45) is 5.41 Å². The molecule has 0 aliphatic carbocycles. The second kappa shape index (κ2) is 7.79. The van der Waals surface area contributed by atoms with Crippen LogP contribution in [0.4, 0.5) is 10.5 Å². The summed E-state index contributed by atoms with van der Waals surface area (Å²) in [6, 6.07) is 17.4. The van der Waals surface area contributed by atoms with Gasteiger partial charge in [0, 0.05) is 18.7 Å². The van der Waals surface area contributed by atoms with Crippen LogP contribution in [0.1, 0.15) is 20.3 Å². The van der Waals surface area contributed by atoms with Crippen LogP contribution in [0.15, 0.2) is 54.6 Å². The van der Waals surface area contributed by atoms with Crippen LogP contribution >= 0.6 is 0 Å². The molecule has 2 aromatic rings. The molecular formula is C19H24N2O2. The molecule has 0 heterocycles. The third-order valence-electron chi connectivity index (χ3n) is 3.78. The normalized spacial score (nSPS) is 11.1. The first-order valence-corrected chi connectivity index (χ1v) is 7.82. The van der Waals surface area contributed by atoms with Crippen molar-refractivity contribution in [1.82, 2.24) is 5.32 Å². The van der Waals surface area contributed by atoms with E-state index in [4.69, 9.17) is 5.11 Å². The Hall–Kier alpha value is -2.33. The van der Waals surface area contributed by atoms with Crippen LogP contribution in [-0.2, 0) is 0 Å². The average Bonchev–Trinajstić information content (AvgIpc) is 2.54. The average molecular weight is 312 g/mol. The monoisotopic (exact) mass is 312 g/mol. The van der Waals surface area contributed by atoms with Gasteiger partial charge < -0.3 is 15.7 Å². The molecule has 0 aliphatic heterocycles. The Bertz CT molecular complexity index is 639. The molecule has 0 saturated carbocycles. The number of para-hydroxylation sites is 1. The predicted molar refractivity (Wildman–Crippen MR) is 94.4 cm³/mol. The van der Waals surface area contributed by atoms with Crippen LogP contribution < -0.4 is 10.6 Å². The summed E-state index contributed by atoms with van der Waals surface area (Å²) < 4.78 is 0. The molecule has 4 nitrogen and oxygen atoms in total. The van der Waals surface area contributed by atoms with Crippen LogP contribution in [0.3, 0.4) is 0 Å². The van der Waals surface area contributed by atoms with E-state index in [1.54, 1.807) is 0 Å². The highest BCUT2D eigenvalue weighted by Gasteiger charge is 2.18. The first kappa shape index (κ1) is 17.0. The highest BCUT2D eigenvalue weighted by atomic mass is 16.3. The number of aliphatic hydroxyl groups excluding tert-OH is 1. The molecule has 0 spiro atoms. The van der Waals surface area contributed by atoms with Crippen molar-refractivity contribution in [2.75, 3.05) is 18.5 Å². The molecule has 0 fully saturated rings. The summed E-state index contributed by atoms with van der Waals surface area (Å²) >= 11 is 0. The maximum atomic E-state index is 12.2. The molecule has 0 bridgehead atoms. The molecule has 2 rings (SSSR count). The number of benzene rings is 2. The first-order chi connectivity index (χ1) is 11.0. The number of amides is 2. The fraction of sp³-hybridized carbons (Fsp3) is 0.316. The molecule has 0 saturated heterocycles. The summed E-state index contributed by atoms with van der Waals surface area (Å²) in [4.78, 5) is 12.2. The number of nitrogens with one attached hydrogen (secondary N) is 2. The van der Waals surface area contributed by atoms with Crippen molar-refractivity contribution < 1.29 is 9.90 Å². The molecule has 0 radical (unpaired) electrons. The second-order valence-electron chi connectivity index (χ2n) is 6.36. The number of aliphatic hydroxyl groups is 1. The quantitative estimate of drug-likeness (QED) is 0.758. The van der Waals surface area contributed by atoms with E-state index in [0.29, 0.717) is 13.0 Å². The van der Waals surface area contributed by atoms with Crippen LogP contribution in [0, 0.1) is 5.41 Å². The summed E-state index contributed by atoms with van der Waals surface area (Å²) in [6.45, 7) is 4.66. The van der Waals surface area contributed by atoms with Gasteiger partial charge >= 0.3 is 6.03 Å². The lowest BCUT2D eigenvalue weighted by Crippen LogP contribution is -2.37. The number of rotatable bonds is 6. The molecule has 4 heteroatoms. The number of hydrogen-bond donors (Lipinski definition) is 3. The Morgan fingerprint density at radius 1 is 1.04 bits per heavy atom. The minimum Gasteiger partial charge on any atom is -0.396 e. The van der Waals surface area contributed by atoms with E-state index in [1.165, 1.54) is 0 Å². The van der Waals surface area contributed by atoms with E-state index in [2.05, 4.69) is 10.6 Å². The highest BCUT2D eigenvalue weighted by Crippen LogP contribution is 2.27. The van der Waals surface area contributed by atoms with Crippen LogP contribution in [0.2, 0.25) is 0 Å². The molecule has 0 unspecified atom stereocenters. The van der Waals surface area contributed by atoms with Crippen molar-refractivity contribution in [2.45, 2.75) is 20.3 Å². The summed E-state index contributed by atoms with van der Waals surface area (Å²) in [6.07, 6.45) is 0.647. The fourth-order valence-electron chi connectivity index (χ4n) is 2.34. The van der Waals surface area contributed by atoms with Gasteiger partial charge in [0.15, 0.2) is 0 Å². The zero-order valence-corrected chi connectivity index (χ0v) is 13.7. The molecule has 0 aromatic heterocycles. The van der Waals surface area contributed by atoms with Gasteiger partial charge in [0.05, 0.1) is 5.69 Å². The Kier molecular flexibility index (Phi) is 5.77. The predicted octanol–water partition coefficient (Wildman–Crippen LogP) is 3.88. The molecule has 3 N–H and O–H groups in total. The molecule has 23 heavy (non-hydrogen) atoms. The number of anilines is 1. The first-order valence-electron chi connectivity index (χ1n) is 7.82. The van der Waals surface area contributed by atoms with Gasteiger partial charge in [-0.25, -0.2) is 4.79 Å². The van der Waals surface area contributed by atoms with Crippen molar-refractivity contribution in [3.63, 3.8) is 0 Å². The zero-order valence-electron chi connectivity index (χ0n) is 13.7. The van der Waals surface area contributed by atoms with Crippen LogP contribution in [-0.4, -0.2) is 24.3 Å². The second-order valence-corrected chi connectivity index (χ2v) is 6.36. The Balaban J connectivity index is 2.05. The van der Waals surface area contributed by atoms with Crippen molar-refractivity contribution in [1.29, 1.82) is 0 Å². The van der Waals surface area contributed by atoms with Crippen molar-refractivity contribution in [3.05, 3.63) is 54.6 Å². The van der Waals surface area contributed by atoms with E-state index in [-0.39, 0.29) is 18.1 Å². The topological polar surface area (TPSA) is 61.4 Å². The minimum absolute atomic E-state index is 0.118. The maximum Gasteiger partial charge on any atom is 0.319 e. The van der Waals surface area contributed by atoms with Gasteiger partial charge in [-0.15, -0.1) is 0 Å². The minimum atomic E-state index is -0.237. The number of carbonyl (C=O) groups excluding carboxylic acids is 1. The maximum absolute atomic E-state index is 12.2. The van der Waals surface area contributed by atoms with E-state index in [1.807, 2.05) is 68.4 Å². The zero-order chi connectivity index (χ0) is 16.7. The molecular weight excluding hydrogens is 288 g/mol. The van der Waals surface area contributed by atoms with Gasteiger partial charge in [-0.1, -0.05) is 62.4 Å². The van der Waals surface area contributed by atoms with Gasteiger partial charge in [0.2, 0.25) is 0 Å². The lowest BCUT2D eigenvalue weighted by Gasteiger charge is -2.24. The van der Waals surface area contributed by atoms with Crippen molar-refractivity contribution >= 4 is 11.7 Å².